The minimum absolute atomic E-state index is 0.0325. The van der Waals surface area contributed by atoms with Crippen LogP contribution >= 0.6 is 11.6 Å². The van der Waals surface area contributed by atoms with Crippen molar-refractivity contribution in [1.82, 2.24) is 9.88 Å². The zero-order valence-electron chi connectivity index (χ0n) is 25.8. The number of carbonyl (C=O) groups excluding carboxylic acids is 1. The molecule has 3 heterocycles. The Balaban J connectivity index is 1.58. The van der Waals surface area contributed by atoms with Gasteiger partial charge in [-0.2, -0.15) is 0 Å². The Kier molecular flexibility index (Phi) is 8.45. The van der Waals surface area contributed by atoms with Gasteiger partial charge in [-0.3, -0.25) is 14.7 Å². The Hall–Kier alpha value is -4.52. The van der Waals surface area contributed by atoms with Crippen LogP contribution in [0.3, 0.4) is 0 Å². The number of para-hydroxylation sites is 1. The van der Waals surface area contributed by atoms with E-state index in [1.807, 2.05) is 17.0 Å². The maximum atomic E-state index is 15.3. The van der Waals surface area contributed by atoms with Crippen LogP contribution in [-0.2, 0) is 20.4 Å². The normalized spacial score (nSPS) is 18.3. The van der Waals surface area contributed by atoms with Gasteiger partial charge >= 0.3 is 0 Å². The molecule has 0 N–H and O–H groups in total. The van der Waals surface area contributed by atoms with Crippen LogP contribution in [0, 0.1) is 0 Å². The lowest BCUT2D eigenvalue weighted by Gasteiger charge is -2.46. The number of anilines is 2. The summed E-state index contributed by atoms with van der Waals surface area (Å²) in [5, 5.41) is 0.342. The highest BCUT2D eigenvalue weighted by Gasteiger charge is 2.61. The lowest BCUT2D eigenvalue weighted by Crippen LogP contribution is -2.60. The van der Waals surface area contributed by atoms with E-state index in [0.717, 1.165) is 9.99 Å². The summed E-state index contributed by atoms with van der Waals surface area (Å²) in [6.07, 6.45) is 3.47. The molecule has 46 heavy (non-hydrogen) atoms. The number of sulfonamides is 1. The van der Waals surface area contributed by atoms with Crippen LogP contribution in [-0.4, -0.2) is 78.8 Å². The number of ether oxygens (including phenoxy) is 4. The largest absolute Gasteiger partial charge is 0.497 e. The van der Waals surface area contributed by atoms with E-state index in [1.54, 1.807) is 48.8 Å². The van der Waals surface area contributed by atoms with Gasteiger partial charge in [-0.25, -0.2) is 12.7 Å². The van der Waals surface area contributed by atoms with Crippen LogP contribution < -0.4 is 28.2 Å². The summed E-state index contributed by atoms with van der Waals surface area (Å²) < 4.78 is 52.5. The topological polar surface area (TPSA) is 111 Å². The van der Waals surface area contributed by atoms with E-state index in [9.17, 15) is 8.42 Å². The van der Waals surface area contributed by atoms with Gasteiger partial charge in [-0.05, 0) is 48.5 Å². The number of benzene rings is 3. The van der Waals surface area contributed by atoms with Crippen LogP contribution in [0.2, 0.25) is 5.02 Å². The molecule has 1 fully saturated rings. The van der Waals surface area contributed by atoms with Gasteiger partial charge in [-0.1, -0.05) is 23.7 Å². The number of hydrogen-bond acceptors (Lipinski definition) is 10. The van der Waals surface area contributed by atoms with Crippen LogP contribution in [0.4, 0.5) is 11.4 Å². The molecule has 1 unspecified atom stereocenters. The highest BCUT2D eigenvalue weighted by Crippen LogP contribution is 2.55. The predicted octanol–water partition coefficient (Wildman–Crippen LogP) is 4.57. The second kappa shape index (κ2) is 12.3. The minimum atomic E-state index is -4.54. The lowest BCUT2D eigenvalue weighted by atomic mass is 9.80. The molecule has 1 saturated heterocycles. The fourth-order valence-electron chi connectivity index (χ4n) is 6.43. The molecule has 0 aliphatic carbocycles. The van der Waals surface area contributed by atoms with E-state index >= 15 is 4.79 Å². The monoisotopic (exact) mass is 664 g/mol. The predicted molar refractivity (Wildman–Crippen MR) is 174 cm³/mol. The van der Waals surface area contributed by atoms with Gasteiger partial charge in [0.2, 0.25) is 0 Å². The third-order valence-electron chi connectivity index (χ3n) is 8.52. The van der Waals surface area contributed by atoms with Gasteiger partial charge in [0.25, 0.3) is 15.9 Å². The molecule has 2 aliphatic heterocycles. The summed E-state index contributed by atoms with van der Waals surface area (Å²) >= 11 is 6.62. The number of methoxy groups -OCH3 is 4. The van der Waals surface area contributed by atoms with Crippen LogP contribution in [0.25, 0.3) is 0 Å². The number of piperazine rings is 1. The molecular formula is C33H33ClN4O7S. The highest BCUT2D eigenvalue weighted by atomic mass is 35.5. The van der Waals surface area contributed by atoms with Crippen molar-refractivity contribution in [1.29, 1.82) is 0 Å². The van der Waals surface area contributed by atoms with Gasteiger partial charge in [0.1, 0.15) is 16.4 Å². The Morgan fingerprint density at radius 2 is 1.50 bits per heavy atom. The summed E-state index contributed by atoms with van der Waals surface area (Å²) in [6, 6.07) is 18.3. The molecule has 0 bridgehead atoms. The quantitative estimate of drug-likeness (QED) is 0.252. The maximum absolute atomic E-state index is 15.3. The molecule has 0 spiro atoms. The number of fused-ring (bicyclic) bond motifs is 1. The van der Waals surface area contributed by atoms with Gasteiger partial charge in [0, 0.05) is 66.5 Å². The number of carbonyl (C=O) groups is 1. The molecule has 240 valence electrons. The van der Waals surface area contributed by atoms with Crippen molar-refractivity contribution in [2.75, 3.05) is 63.8 Å². The van der Waals surface area contributed by atoms with Crippen molar-refractivity contribution in [3.8, 4) is 23.0 Å². The molecule has 0 radical (unpaired) electrons. The summed E-state index contributed by atoms with van der Waals surface area (Å²) in [6.45, 7) is 1.92. The van der Waals surface area contributed by atoms with Gasteiger partial charge in [-0.15, -0.1) is 0 Å². The standard InChI is InChI=1S/C33H33ClN4O7S/c1-42-24-9-11-30(29(21-24)44-3)46(40,41)38-27-10-8-22(34)20-26(27)33(32(38)39,25-6-5-7-28(43-2)31(25)45-4)37-18-16-36(17-19-37)23-12-14-35-15-13-23/h5-15,20-21H,16-19H2,1-4H3. The Bertz CT molecular complexity index is 1880. The fourth-order valence-corrected chi connectivity index (χ4v) is 8.21. The van der Waals surface area contributed by atoms with E-state index in [1.165, 1.54) is 46.6 Å². The molecule has 3 aromatic carbocycles. The van der Waals surface area contributed by atoms with Gasteiger partial charge in [0.05, 0.1) is 34.1 Å². The van der Waals surface area contributed by atoms with E-state index in [4.69, 9.17) is 30.5 Å². The first-order valence-electron chi connectivity index (χ1n) is 14.5. The van der Waals surface area contributed by atoms with E-state index < -0.39 is 21.5 Å². The molecule has 4 aromatic rings. The molecule has 1 amide bonds. The van der Waals surface area contributed by atoms with Crippen molar-refractivity contribution in [2.45, 2.75) is 10.4 Å². The summed E-state index contributed by atoms with van der Waals surface area (Å²) in [5.41, 5.74) is 0.356. The zero-order chi connectivity index (χ0) is 32.6. The molecular weight excluding hydrogens is 632 g/mol. The third-order valence-corrected chi connectivity index (χ3v) is 10.5. The highest BCUT2D eigenvalue weighted by molar-refractivity contribution is 7.93. The number of rotatable bonds is 9. The maximum Gasteiger partial charge on any atom is 0.274 e. The number of pyridine rings is 1. The second-order valence-corrected chi connectivity index (χ2v) is 12.9. The molecule has 13 heteroatoms. The van der Waals surface area contributed by atoms with E-state index in [-0.39, 0.29) is 16.3 Å². The van der Waals surface area contributed by atoms with E-state index in [2.05, 4.69) is 9.88 Å². The number of hydrogen-bond donors (Lipinski definition) is 0. The first-order chi connectivity index (χ1) is 22.2. The second-order valence-electron chi connectivity index (χ2n) is 10.7. The molecule has 6 rings (SSSR count). The Morgan fingerprint density at radius 1 is 0.783 bits per heavy atom. The first-order valence-corrected chi connectivity index (χ1v) is 16.3. The lowest BCUT2D eigenvalue weighted by molar-refractivity contribution is -0.127. The van der Waals surface area contributed by atoms with Crippen molar-refractivity contribution >= 4 is 38.9 Å². The number of nitrogens with zero attached hydrogens (tertiary/aromatic N) is 4. The Morgan fingerprint density at radius 3 is 2.15 bits per heavy atom. The first kappa shape index (κ1) is 31.5. The summed E-state index contributed by atoms with van der Waals surface area (Å²) in [4.78, 5) is 23.5. The van der Waals surface area contributed by atoms with Gasteiger partial charge in [0.15, 0.2) is 17.0 Å². The average molecular weight is 665 g/mol. The summed E-state index contributed by atoms with van der Waals surface area (Å²) in [7, 11) is 1.29. The number of halogens is 1. The summed E-state index contributed by atoms with van der Waals surface area (Å²) in [5.74, 6) is 0.432. The molecule has 2 aliphatic rings. The van der Waals surface area contributed by atoms with Gasteiger partial charge < -0.3 is 23.8 Å². The molecule has 1 aromatic heterocycles. The fraction of sp³-hybridized carbons (Fsp3) is 0.273. The van der Waals surface area contributed by atoms with Crippen molar-refractivity contribution in [3.63, 3.8) is 0 Å². The van der Waals surface area contributed by atoms with Crippen LogP contribution in [0.5, 0.6) is 23.0 Å². The molecule has 1 atom stereocenters. The van der Waals surface area contributed by atoms with Crippen LogP contribution in [0.15, 0.2) is 84.0 Å². The number of aromatic nitrogens is 1. The van der Waals surface area contributed by atoms with Crippen LogP contribution in [0.1, 0.15) is 11.1 Å². The van der Waals surface area contributed by atoms with Crippen molar-refractivity contribution in [2.24, 2.45) is 0 Å². The molecule has 0 saturated carbocycles. The average Bonchev–Trinajstić information content (AvgIpc) is 3.35. The van der Waals surface area contributed by atoms with Crippen molar-refractivity contribution < 1.29 is 32.2 Å². The number of amides is 1. The Labute approximate surface area is 272 Å². The third kappa shape index (κ3) is 4.88. The van der Waals surface area contributed by atoms with Crippen molar-refractivity contribution in [3.05, 3.63) is 95.3 Å². The molecule has 11 nitrogen and oxygen atoms in total. The minimum Gasteiger partial charge on any atom is -0.497 e. The smallest absolute Gasteiger partial charge is 0.274 e. The zero-order valence-corrected chi connectivity index (χ0v) is 27.3. The SMILES string of the molecule is COc1ccc(S(=O)(=O)N2C(=O)C(c3cccc(OC)c3OC)(N3CCN(c4ccncc4)CC3)c3cc(Cl)ccc32)c(OC)c1. The van der Waals surface area contributed by atoms with E-state index in [0.29, 0.717) is 59.6 Å².